The van der Waals surface area contributed by atoms with Gasteiger partial charge in [0.05, 0.1) is 22.8 Å². The van der Waals surface area contributed by atoms with Crippen molar-refractivity contribution >= 4 is 15.7 Å². The molecule has 1 fully saturated rings. The molecule has 156 valence electrons. The molecule has 2 aliphatic heterocycles. The van der Waals surface area contributed by atoms with Crippen molar-refractivity contribution < 1.29 is 26.4 Å². The van der Waals surface area contributed by atoms with E-state index >= 15 is 0 Å². The average molecular weight is 427 g/mol. The maximum atomic E-state index is 13.3. The lowest BCUT2D eigenvalue weighted by atomic mass is 9.86. The van der Waals surface area contributed by atoms with Gasteiger partial charge in [-0.3, -0.25) is 9.89 Å². The molecule has 10 heteroatoms. The van der Waals surface area contributed by atoms with Gasteiger partial charge in [0.15, 0.2) is 15.5 Å². The number of fused-ring (bicyclic) bond motifs is 1. The van der Waals surface area contributed by atoms with Crippen molar-refractivity contribution in [2.45, 2.75) is 37.1 Å². The van der Waals surface area contributed by atoms with E-state index in [2.05, 4.69) is 10.2 Å². The largest absolute Gasteiger partial charge is 0.416 e. The third-order valence-corrected chi connectivity index (χ3v) is 7.23. The third kappa shape index (κ3) is 3.90. The first kappa shape index (κ1) is 19.9. The third-order valence-electron chi connectivity index (χ3n) is 5.67. The highest BCUT2D eigenvalue weighted by molar-refractivity contribution is 7.90. The molecule has 0 atom stereocenters. The zero-order chi connectivity index (χ0) is 20.8. The van der Waals surface area contributed by atoms with Gasteiger partial charge in [-0.1, -0.05) is 18.2 Å². The van der Waals surface area contributed by atoms with Crippen LogP contribution in [0.5, 0.6) is 0 Å². The highest BCUT2D eigenvalue weighted by Gasteiger charge is 2.37. The number of rotatable bonds is 2. The van der Waals surface area contributed by atoms with E-state index in [1.54, 1.807) is 11.0 Å². The number of sulfone groups is 1. The maximum absolute atomic E-state index is 13.3. The Labute approximate surface area is 166 Å². The van der Waals surface area contributed by atoms with Crippen LogP contribution in [0.3, 0.4) is 0 Å². The van der Waals surface area contributed by atoms with E-state index in [4.69, 9.17) is 0 Å². The second-order valence-corrected chi connectivity index (χ2v) is 9.71. The second kappa shape index (κ2) is 7.16. The predicted molar refractivity (Wildman–Crippen MR) is 99.1 cm³/mol. The van der Waals surface area contributed by atoms with Crippen molar-refractivity contribution in [3.8, 4) is 0 Å². The van der Waals surface area contributed by atoms with Crippen LogP contribution >= 0.6 is 0 Å². The van der Waals surface area contributed by atoms with E-state index in [-0.39, 0.29) is 41.0 Å². The van der Waals surface area contributed by atoms with E-state index in [9.17, 15) is 26.4 Å². The predicted octanol–water partition coefficient (Wildman–Crippen LogP) is 2.92. The molecule has 1 saturated heterocycles. The Morgan fingerprint density at radius 1 is 1.17 bits per heavy atom. The standard InChI is InChI=1S/C19H20F3N3O3S/c20-19(21,22)15-4-2-1-3-13(15)12-5-8-25(9-6-12)18(26)17-14-7-10-29(27,28)11-16(14)23-24-17/h1-4,12H,5-11H2,(H,23,24). The van der Waals surface area contributed by atoms with Gasteiger partial charge in [-0.15, -0.1) is 0 Å². The number of hydrogen-bond donors (Lipinski definition) is 1. The average Bonchev–Trinajstić information content (AvgIpc) is 3.08. The van der Waals surface area contributed by atoms with Crippen LogP contribution in [-0.4, -0.2) is 48.3 Å². The van der Waals surface area contributed by atoms with Crippen LogP contribution in [0.2, 0.25) is 0 Å². The van der Waals surface area contributed by atoms with Gasteiger partial charge in [0, 0.05) is 18.7 Å². The zero-order valence-electron chi connectivity index (χ0n) is 15.5. The Kier molecular flexibility index (Phi) is 4.92. The SMILES string of the molecule is O=C(c1n[nH]c2c1CCS(=O)(=O)C2)N1CCC(c2ccccc2C(F)(F)F)CC1. The summed E-state index contributed by atoms with van der Waals surface area (Å²) < 4.78 is 63.3. The lowest BCUT2D eigenvalue weighted by Crippen LogP contribution is -2.39. The normalized spacial score (nSPS) is 19.8. The molecule has 2 aliphatic rings. The Morgan fingerprint density at radius 3 is 2.55 bits per heavy atom. The summed E-state index contributed by atoms with van der Waals surface area (Å²) in [6.07, 6.45) is -3.30. The summed E-state index contributed by atoms with van der Waals surface area (Å²) in [7, 11) is -3.18. The monoisotopic (exact) mass is 427 g/mol. The van der Waals surface area contributed by atoms with Gasteiger partial charge >= 0.3 is 6.18 Å². The van der Waals surface area contributed by atoms with Crippen LogP contribution in [0.4, 0.5) is 13.2 Å². The molecule has 3 heterocycles. The summed E-state index contributed by atoms with van der Waals surface area (Å²) in [6, 6.07) is 5.59. The van der Waals surface area contributed by atoms with Crippen LogP contribution in [0, 0.1) is 0 Å². The topological polar surface area (TPSA) is 83.1 Å². The minimum absolute atomic E-state index is 0.0177. The van der Waals surface area contributed by atoms with Crippen molar-refractivity contribution in [2.24, 2.45) is 0 Å². The fourth-order valence-corrected chi connectivity index (χ4v) is 5.51. The van der Waals surface area contributed by atoms with Crippen molar-refractivity contribution in [1.82, 2.24) is 15.1 Å². The van der Waals surface area contributed by atoms with E-state index in [1.807, 2.05) is 0 Å². The Morgan fingerprint density at radius 2 is 1.86 bits per heavy atom. The fraction of sp³-hybridized carbons (Fsp3) is 0.474. The number of amides is 1. The molecule has 2 aromatic rings. The van der Waals surface area contributed by atoms with Crippen molar-refractivity contribution in [1.29, 1.82) is 0 Å². The maximum Gasteiger partial charge on any atom is 0.416 e. The van der Waals surface area contributed by atoms with Gasteiger partial charge in [0.2, 0.25) is 0 Å². The minimum atomic E-state index is -4.40. The first-order valence-corrected chi connectivity index (χ1v) is 11.2. The molecule has 0 unspecified atom stereocenters. The number of carbonyl (C=O) groups excluding carboxylic acids is 1. The molecule has 0 aliphatic carbocycles. The lowest BCUT2D eigenvalue weighted by Gasteiger charge is -2.33. The highest BCUT2D eigenvalue weighted by Crippen LogP contribution is 2.38. The molecule has 0 bridgehead atoms. The van der Waals surface area contributed by atoms with Crippen molar-refractivity contribution in [3.63, 3.8) is 0 Å². The molecule has 6 nitrogen and oxygen atoms in total. The molecule has 1 amide bonds. The Bertz CT molecular complexity index is 1040. The zero-order valence-corrected chi connectivity index (χ0v) is 16.3. The first-order chi connectivity index (χ1) is 13.7. The number of aromatic amines is 1. The van der Waals surface area contributed by atoms with Gasteiger partial charge in [-0.25, -0.2) is 8.42 Å². The number of nitrogens with zero attached hydrogens (tertiary/aromatic N) is 2. The number of carbonyl (C=O) groups is 1. The molecular weight excluding hydrogens is 407 g/mol. The van der Waals surface area contributed by atoms with E-state index in [0.717, 1.165) is 6.07 Å². The minimum Gasteiger partial charge on any atom is -0.337 e. The van der Waals surface area contributed by atoms with Crippen LogP contribution in [0.15, 0.2) is 24.3 Å². The summed E-state index contributed by atoms with van der Waals surface area (Å²) in [4.78, 5) is 14.5. The Balaban J connectivity index is 1.48. The van der Waals surface area contributed by atoms with Gasteiger partial charge in [-0.2, -0.15) is 18.3 Å². The van der Waals surface area contributed by atoms with Gasteiger partial charge in [0.1, 0.15) is 0 Å². The van der Waals surface area contributed by atoms with Crippen LogP contribution in [0.1, 0.15) is 51.6 Å². The number of piperidine rings is 1. The molecule has 0 radical (unpaired) electrons. The summed E-state index contributed by atoms with van der Waals surface area (Å²) in [5, 5.41) is 6.69. The highest BCUT2D eigenvalue weighted by atomic mass is 32.2. The molecule has 0 saturated carbocycles. The number of benzene rings is 1. The molecule has 1 aromatic heterocycles. The summed E-state index contributed by atoms with van der Waals surface area (Å²) in [5.74, 6) is -0.742. The van der Waals surface area contributed by atoms with Crippen LogP contribution in [-0.2, 0) is 28.2 Å². The van der Waals surface area contributed by atoms with E-state index < -0.39 is 21.6 Å². The van der Waals surface area contributed by atoms with Crippen molar-refractivity contribution in [2.75, 3.05) is 18.8 Å². The lowest BCUT2D eigenvalue weighted by molar-refractivity contribution is -0.138. The molecule has 1 N–H and O–H groups in total. The van der Waals surface area contributed by atoms with E-state index in [1.165, 1.54) is 12.1 Å². The Hall–Kier alpha value is -2.36. The first-order valence-electron chi connectivity index (χ1n) is 9.37. The number of aromatic nitrogens is 2. The molecule has 1 aromatic carbocycles. The van der Waals surface area contributed by atoms with Gasteiger partial charge < -0.3 is 4.90 Å². The van der Waals surface area contributed by atoms with Gasteiger partial charge in [-0.05, 0) is 36.8 Å². The molecule has 0 spiro atoms. The van der Waals surface area contributed by atoms with Gasteiger partial charge in [0.25, 0.3) is 5.91 Å². The van der Waals surface area contributed by atoms with Crippen LogP contribution in [0.25, 0.3) is 0 Å². The second-order valence-electron chi connectivity index (χ2n) is 7.52. The van der Waals surface area contributed by atoms with E-state index in [0.29, 0.717) is 37.2 Å². The number of nitrogens with one attached hydrogen (secondary N) is 1. The fourth-order valence-electron chi connectivity index (χ4n) is 4.17. The number of alkyl halides is 3. The number of likely N-dealkylation sites (tertiary alicyclic amines) is 1. The number of halogens is 3. The summed E-state index contributed by atoms with van der Waals surface area (Å²) in [6.45, 7) is 0.658. The number of hydrogen-bond acceptors (Lipinski definition) is 4. The molecule has 29 heavy (non-hydrogen) atoms. The summed E-state index contributed by atoms with van der Waals surface area (Å²) >= 11 is 0. The smallest absolute Gasteiger partial charge is 0.337 e. The summed E-state index contributed by atoms with van der Waals surface area (Å²) in [5.41, 5.74) is 0.966. The van der Waals surface area contributed by atoms with Crippen molar-refractivity contribution in [3.05, 3.63) is 52.3 Å². The molecular formula is C19H20F3N3O3S. The van der Waals surface area contributed by atoms with Crippen LogP contribution < -0.4 is 0 Å². The quantitative estimate of drug-likeness (QED) is 0.799. The number of H-pyrrole nitrogens is 1. The molecule has 4 rings (SSSR count).